The van der Waals surface area contributed by atoms with E-state index in [4.69, 9.17) is 0 Å². The van der Waals surface area contributed by atoms with Gasteiger partial charge in [-0.1, -0.05) is 19.8 Å². The van der Waals surface area contributed by atoms with Gasteiger partial charge in [0.05, 0.1) is 8.66 Å². The number of nitrogens with one attached hydrogen (secondary N) is 1. The zero-order valence-electron chi connectivity index (χ0n) is 9.33. The molecule has 1 aliphatic rings. The van der Waals surface area contributed by atoms with Crippen molar-refractivity contribution in [2.24, 2.45) is 5.92 Å². The van der Waals surface area contributed by atoms with Crippen molar-refractivity contribution in [3.63, 3.8) is 0 Å². The molecule has 0 spiro atoms. The molecule has 1 saturated carbocycles. The van der Waals surface area contributed by atoms with Crippen molar-refractivity contribution in [2.75, 3.05) is 0 Å². The Labute approximate surface area is 109 Å². The van der Waals surface area contributed by atoms with E-state index >= 15 is 0 Å². The Morgan fingerprint density at radius 1 is 1.50 bits per heavy atom. The summed E-state index contributed by atoms with van der Waals surface area (Å²) in [6, 6.07) is 4.16. The van der Waals surface area contributed by atoms with Crippen molar-refractivity contribution in [1.29, 1.82) is 0 Å². The first-order valence-electron chi connectivity index (χ1n) is 5.71. The van der Waals surface area contributed by atoms with Crippen molar-refractivity contribution >= 4 is 33.2 Å². The van der Waals surface area contributed by atoms with E-state index in [0.717, 1.165) is 27.4 Å². The molecular weight excluding hydrogens is 286 g/mol. The lowest BCUT2D eigenvalue weighted by molar-refractivity contribution is 0.0925. The average molecular weight is 302 g/mol. The number of hydrogen-bond donors (Lipinski definition) is 1. The van der Waals surface area contributed by atoms with Crippen LogP contribution in [0.15, 0.2) is 15.9 Å². The van der Waals surface area contributed by atoms with Crippen molar-refractivity contribution in [2.45, 2.75) is 38.6 Å². The van der Waals surface area contributed by atoms with Crippen molar-refractivity contribution in [3.05, 3.63) is 20.8 Å². The maximum atomic E-state index is 11.9. The van der Waals surface area contributed by atoms with E-state index in [1.807, 2.05) is 12.1 Å². The highest BCUT2D eigenvalue weighted by Crippen LogP contribution is 2.25. The molecule has 1 heterocycles. The number of rotatable bonds is 2. The van der Waals surface area contributed by atoms with Crippen LogP contribution in [0.2, 0.25) is 0 Å². The topological polar surface area (TPSA) is 29.1 Å². The van der Waals surface area contributed by atoms with E-state index in [0.29, 0.717) is 6.04 Å². The standard InChI is InChI=1S/C12H16BrNOS/c1-8-3-2-4-9(7-8)14-12(15)10-5-6-11(13)16-10/h5-6,8-9H,2-4,7H2,1H3,(H,14,15). The quantitative estimate of drug-likeness (QED) is 0.884. The zero-order chi connectivity index (χ0) is 11.5. The summed E-state index contributed by atoms with van der Waals surface area (Å²) in [7, 11) is 0. The Kier molecular flexibility index (Phi) is 4.03. The van der Waals surface area contributed by atoms with Gasteiger partial charge in [0.15, 0.2) is 0 Å². The molecular formula is C12H16BrNOS. The highest BCUT2D eigenvalue weighted by molar-refractivity contribution is 9.11. The van der Waals surface area contributed by atoms with E-state index in [-0.39, 0.29) is 5.91 Å². The minimum Gasteiger partial charge on any atom is -0.349 e. The fourth-order valence-electron chi connectivity index (χ4n) is 2.26. The van der Waals surface area contributed by atoms with Crippen LogP contribution in [0.25, 0.3) is 0 Å². The predicted molar refractivity (Wildman–Crippen MR) is 70.9 cm³/mol. The van der Waals surface area contributed by atoms with Crippen LogP contribution < -0.4 is 5.32 Å². The van der Waals surface area contributed by atoms with Crippen molar-refractivity contribution < 1.29 is 4.79 Å². The van der Waals surface area contributed by atoms with E-state index in [1.165, 1.54) is 24.2 Å². The van der Waals surface area contributed by atoms with E-state index < -0.39 is 0 Å². The summed E-state index contributed by atoms with van der Waals surface area (Å²) in [6.45, 7) is 2.26. The fourth-order valence-corrected chi connectivity index (χ4v) is 3.55. The lowest BCUT2D eigenvalue weighted by atomic mass is 9.87. The second-order valence-corrected chi connectivity index (χ2v) is 7.01. The molecule has 2 nitrogen and oxygen atoms in total. The highest BCUT2D eigenvalue weighted by Gasteiger charge is 2.21. The molecule has 0 bridgehead atoms. The van der Waals surface area contributed by atoms with Crippen LogP contribution in [-0.2, 0) is 0 Å². The van der Waals surface area contributed by atoms with Crippen molar-refractivity contribution in [3.8, 4) is 0 Å². The first kappa shape index (κ1) is 12.1. The van der Waals surface area contributed by atoms with Gasteiger partial charge in [0, 0.05) is 6.04 Å². The summed E-state index contributed by atoms with van der Waals surface area (Å²) in [5, 5.41) is 3.13. The summed E-state index contributed by atoms with van der Waals surface area (Å²) in [5.74, 6) is 0.823. The lowest BCUT2D eigenvalue weighted by Gasteiger charge is -2.27. The van der Waals surface area contributed by atoms with Gasteiger partial charge in [-0.25, -0.2) is 0 Å². The molecule has 88 valence electrons. The molecule has 2 rings (SSSR count). The molecule has 1 aromatic heterocycles. The van der Waals surface area contributed by atoms with Gasteiger partial charge in [0.25, 0.3) is 5.91 Å². The molecule has 1 amide bonds. The van der Waals surface area contributed by atoms with Crippen LogP contribution >= 0.6 is 27.3 Å². The first-order chi connectivity index (χ1) is 7.65. The Morgan fingerprint density at radius 3 is 2.94 bits per heavy atom. The second kappa shape index (κ2) is 5.32. The molecule has 2 unspecified atom stereocenters. The third-order valence-electron chi connectivity index (χ3n) is 3.07. The monoisotopic (exact) mass is 301 g/mol. The molecule has 0 radical (unpaired) electrons. The summed E-state index contributed by atoms with van der Waals surface area (Å²) in [4.78, 5) is 12.7. The average Bonchev–Trinajstić information content (AvgIpc) is 2.65. The number of carbonyl (C=O) groups is 1. The third kappa shape index (κ3) is 3.08. The largest absolute Gasteiger partial charge is 0.349 e. The minimum absolute atomic E-state index is 0.0785. The normalized spacial score (nSPS) is 25.4. The Balaban J connectivity index is 1.92. The summed E-state index contributed by atoms with van der Waals surface area (Å²) in [5.41, 5.74) is 0. The van der Waals surface area contributed by atoms with Crippen LogP contribution in [0.5, 0.6) is 0 Å². The predicted octanol–water partition coefficient (Wildman–Crippen LogP) is 3.82. The number of carbonyl (C=O) groups excluding carboxylic acids is 1. The molecule has 4 heteroatoms. The van der Waals surface area contributed by atoms with Gasteiger partial charge in [-0.2, -0.15) is 0 Å². The molecule has 1 aromatic rings. The van der Waals surface area contributed by atoms with Crippen LogP contribution in [-0.4, -0.2) is 11.9 Å². The Morgan fingerprint density at radius 2 is 2.31 bits per heavy atom. The molecule has 16 heavy (non-hydrogen) atoms. The maximum absolute atomic E-state index is 11.9. The van der Waals surface area contributed by atoms with Gasteiger partial charge in [0.1, 0.15) is 0 Å². The fraction of sp³-hybridized carbons (Fsp3) is 0.583. The Bertz CT molecular complexity index is 377. The van der Waals surface area contributed by atoms with Gasteiger partial charge >= 0.3 is 0 Å². The first-order valence-corrected chi connectivity index (χ1v) is 7.32. The second-order valence-electron chi connectivity index (χ2n) is 4.55. The number of thiophene rings is 1. The maximum Gasteiger partial charge on any atom is 0.261 e. The molecule has 0 saturated heterocycles. The molecule has 1 aliphatic carbocycles. The number of halogens is 1. The van der Waals surface area contributed by atoms with Crippen LogP contribution in [0.3, 0.4) is 0 Å². The van der Waals surface area contributed by atoms with Gasteiger partial charge in [-0.05, 0) is 46.8 Å². The van der Waals surface area contributed by atoms with E-state index in [9.17, 15) is 4.79 Å². The minimum atomic E-state index is 0.0785. The Hall–Kier alpha value is -0.350. The highest BCUT2D eigenvalue weighted by atomic mass is 79.9. The number of hydrogen-bond acceptors (Lipinski definition) is 2. The third-order valence-corrected chi connectivity index (χ3v) is 4.69. The molecule has 1 N–H and O–H groups in total. The molecule has 0 aromatic carbocycles. The van der Waals surface area contributed by atoms with Gasteiger partial charge in [-0.3, -0.25) is 4.79 Å². The van der Waals surface area contributed by atoms with Gasteiger partial charge < -0.3 is 5.32 Å². The SMILES string of the molecule is CC1CCCC(NC(=O)c2ccc(Br)s2)C1. The summed E-state index contributed by atoms with van der Waals surface area (Å²) < 4.78 is 1.01. The van der Waals surface area contributed by atoms with Gasteiger partial charge in [0.2, 0.25) is 0 Å². The van der Waals surface area contributed by atoms with Crippen molar-refractivity contribution in [1.82, 2.24) is 5.32 Å². The van der Waals surface area contributed by atoms with Gasteiger partial charge in [-0.15, -0.1) is 11.3 Å². The van der Waals surface area contributed by atoms with Crippen LogP contribution in [0, 0.1) is 5.92 Å². The smallest absolute Gasteiger partial charge is 0.261 e. The van der Waals surface area contributed by atoms with Crippen LogP contribution in [0.1, 0.15) is 42.3 Å². The van der Waals surface area contributed by atoms with Crippen LogP contribution in [0.4, 0.5) is 0 Å². The van der Waals surface area contributed by atoms with E-state index in [1.54, 1.807) is 0 Å². The summed E-state index contributed by atoms with van der Waals surface area (Å²) in [6.07, 6.45) is 4.79. The molecule has 0 aliphatic heterocycles. The molecule has 1 fully saturated rings. The zero-order valence-corrected chi connectivity index (χ0v) is 11.7. The van der Waals surface area contributed by atoms with E-state index in [2.05, 4.69) is 28.2 Å². The molecule has 2 atom stereocenters. The number of amides is 1. The lowest BCUT2D eigenvalue weighted by Crippen LogP contribution is -2.37. The summed E-state index contributed by atoms with van der Waals surface area (Å²) >= 11 is 4.86.